The van der Waals surface area contributed by atoms with Crippen LogP contribution in [0.1, 0.15) is 21.0 Å². The third-order valence-corrected chi connectivity index (χ3v) is 5.36. The molecule has 8 nitrogen and oxygen atoms in total. The molecule has 0 saturated carbocycles. The molecule has 0 atom stereocenters. The molecule has 0 aliphatic rings. The van der Waals surface area contributed by atoms with Crippen molar-refractivity contribution in [3.63, 3.8) is 0 Å². The van der Waals surface area contributed by atoms with Gasteiger partial charge in [-0.3, -0.25) is 14.9 Å². The summed E-state index contributed by atoms with van der Waals surface area (Å²) < 4.78 is 19.6. The molecule has 0 aliphatic carbocycles. The van der Waals surface area contributed by atoms with Crippen LogP contribution < -0.4 is 15.4 Å². The van der Waals surface area contributed by atoms with Gasteiger partial charge in [0.05, 0.1) is 29.8 Å². The lowest BCUT2D eigenvalue weighted by molar-refractivity contribution is -0.115. The molecular weight excluding hydrogens is 437 g/mol. The van der Waals surface area contributed by atoms with Crippen LogP contribution in [0.2, 0.25) is 0 Å². The number of halogens is 1. The number of rotatable bonds is 7. The Labute approximate surface area is 185 Å². The summed E-state index contributed by atoms with van der Waals surface area (Å²) in [5, 5.41) is 22.7. The Morgan fingerprint density at radius 2 is 1.81 bits per heavy atom. The van der Waals surface area contributed by atoms with Crippen LogP contribution in [0.3, 0.4) is 0 Å². The second kappa shape index (κ2) is 9.72. The van der Waals surface area contributed by atoms with E-state index in [-0.39, 0.29) is 33.1 Å². The molecule has 0 radical (unpaired) electrons. The summed E-state index contributed by atoms with van der Waals surface area (Å²) in [6.45, 7) is 0. The maximum absolute atomic E-state index is 14.4. The van der Waals surface area contributed by atoms with Crippen LogP contribution >= 0.6 is 11.3 Å². The highest BCUT2D eigenvalue weighted by molar-refractivity contribution is 7.14. The number of Topliss-reactive ketones (excluding diaryl/α,β-unsaturated/α-hetero) is 1. The number of ether oxygens (including phenoxy) is 1. The van der Waals surface area contributed by atoms with Crippen molar-refractivity contribution in [2.24, 2.45) is 0 Å². The Hall–Kier alpha value is -4.23. The first-order chi connectivity index (χ1) is 15.3. The van der Waals surface area contributed by atoms with Crippen LogP contribution in [-0.2, 0) is 4.79 Å². The Kier molecular flexibility index (Phi) is 6.82. The molecule has 32 heavy (non-hydrogen) atoms. The standard InChI is InChI=1S/C22H16FN3O5S/c1-31-19-9-17(26-22(29)30)16(8-14(19)13-4-2-3-5-15(13)23)25-21(28)10-18(27)20-7-6-12(11-24)32-20/h2-9,26H,10H2,1H3,(H,25,28)(H,29,30). The van der Waals surface area contributed by atoms with E-state index < -0.39 is 30.0 Å². The fourth-order valence-corrected chi connectivity index (χ4v) is 3.68. The number of carbonyl (C=O) groups excluding carboxylic acids is 2. The van der Waals surface area contributed by atoms with Crippen LogP contribution in [0.5, 0.6) is 5.75 Å². The molecule has 3 N–H and O–H groups in total. The number of amides is 2. The van der Waals surface area contributed by atoms with E-state index >= 15 is 0 Å². The topological polar surface area (TPSA) is 129 Å². The summed E-state index contributed by atoms with van der Waals surface area (Å²) in [4.78, 5) is 36.6. The van der Waals surface area contributed by atoms with E-state index in [1.165, 1.54) is 49.6 Å². The second-order valence-electron chi connectivity index (χ2n) is 6.43. The number of benzene rings is 2. The molecule has 0 aliphatic heterocycles. The number of carbonyl (C=O) groups is 3. The molecule has 0 unspecified atom stereocenters. The highest BCUT2D eigenvalue weighted by atomic mass is 32.1. The van der Waals surface area contributed by atoms with Crippen LogP contribution in [-0.4, -0.2) is 30.0 Å². The number of carboxylic acid groups (broad SMARTS) is 1. The fourth-order valence-electron chi connectivity index (χ4n) is 2.94. The number of nitriles is 1. The van der Waals surface area contributed by atoms with E-state index in [1.807, 2.05) is 6.07 Å². The molecule has 162 valence electrons. The minimum absolute atomic E-state index is 0.0156. The Morgan fingerprint density at radius 3 is 2.44 bits per heavy atom. The summed E-state index contributed by atoms with van der Waals surface area (Å²) in [6.07, 6.45) is -1.92. The zero-order chi connectivity index (χ0) is 23.3. The van der Waals surface area contributed by atoms with E-state index in [2.05, 4.69) is 10.6 Å². The van der Waals surface area contributed by atoms with E-state index in [1.54, 1.807) is 6.07 Å². The fraction of sp³-hybridized carbons (Fsp3) is 0.0909. The van der Waals surface area contributed by atoms with Gasteiger partial charge in [0, 0.05) is 17.2 Å². The number of methoxy groups -OCH3 is 1. The molecule has 0 bridgehead atoms. The van der Waals surface area contributed by atoms with Gasteiger partial charge in [-0.25, -0.2) is 9.18 Å². The highest BCUT2D eigenvalue weighted by Crippen LogP contribution is 2.39. The van der Waals surface area contributed by atoms with Crippen molar-refractivity contribution in [3.05, 3.63) is 64.1 Å². The predicted octanol–water partition coefficient (Wildman–Crippen LogP) is 4.74. The first-order valence-electron chi connectivity index (χ1n) is 9.12. The molecule has 0 saturated heterocycles. The number of anilines is 2. The zero-order valence-corrected chi connectivity index (χ0v) is 17.5. The van der Waals surface area contributed by atoms with Crippen molar-refractivity contribution >= 4 is 40.5 Å². The van der Waals surface area contributed by atoms with E-state index in [4.69, 9.17) is 15.1 Å². The quantitative estimate of drug-likeness (QED) is 0.350. The normalized spacial score (nSPS) is 10.2. The Morgan fingerprint density at radius 1 is 1.09 bits per heavy atom. The van der Waals surface area contributed by atoms with Crippen molar-refractivity contribution in [1.29, 1.82) is 5.26 Å². The number of ketones is 1. The van der Waals surface area contributed by atoms with Crippen LogP contribution in [0.15, 0.2) is 48.5 Å². The predicted molar refractivity (Wildman–Crippen MR) is 117 cm³/mol. The summed E-state index contributed by atoms with van der Waals surface area (Å²) in [5.41, 5.74) is 0.465. The number of nitrogens with zero attached hydrogens (tertiary/aromatic N) is 1. The number of thiophene rings is 1. The van der Waals surface area contributed by atoms with E-state index in [0.29, 0.717) is 4.88 Å². The minimum Gasteiger partial charge on any atom is -0.496 e. The second-order valence-corrected chi connectivity index (χ2v) is 7.52. The Balaban J connectivity index is 1.94. The monoisotopic (exact) mass is 453 g/mol. The van der Waals surface area contributed by atoms with E-state index in [9.17, 15) is 18.8 Å². The van der Waals surface area contributed by atoms with Gasteiger partial charge in [-0.05, 0) is 24.3 Å². The van der Waals surface area contributed by atoms with Gasteiger partial charge in [0.1, 0.15) is 22.5 Å². The molecule has 10 heteroatoms. The van der Waals surface area contributed by atoms with Crippen molar-refractivity contribution in [2.75, 3.05) is 17.7 Å². The van der Waals surface area contributed by atoms with Crippen LogP contribution in [0, 0.1) is 17.1 Å². The first kappa shape index (κ1) is 22.5. The van der Waals surface area contributed by atoms with Gasteiger partial charge in [-0.15, -0.1) is 11.3 Å². The maximum Gasteiger partial charge on any atom is 0.409 e. The lowest BCUT2D eigenvalue weighted by atomic mass is 10.0. The number of hydrogen-bond donors (Lipinski definition) is 3. The molecule has 2 aromatic carbocycles. The molecule has 1 heterocycles. The Bertz CT molecular complexity index is 1250. The summed E-state index contributed by atoms with van der Waals surface area (Å²) in [7, 11) is 1.34. The SMILES string of the molecule is COc1cc(NC(=O)O)c(NC(=O)CC(=O)c2ccc(C#N)s2)cc1-c1ccccc1F. The number of hydrogen-bond acceptors (Lipinski definition) is 6. The third kappa shape index (κ3) is 5.08. The van der Waals surface area contributed by atoms with Gasteiger partial charge in [0.25, 0.3) is 0 Å². The summed E-state index contributed by atoms with van der Waals surface area (Å²) in [6, 6.07) is 13.4. The smallest absolute Gasteiger partial charge is 0.409 e. The van der Waals surface area contributed by atoms with Gasteiger partial charge < -0.3 is 15.2 Å². The molecule has 3 rings (SSSR count). The van der Waals surface area contributed by atoms with Gasteiger partial charge >= 0.3 is 6.09 Å². The van der Waals surface area contributed by atoms with Gasteiger partial charge in [0.15, 0.2) is 5.78 Å². The van der Waals surface area contributed by atoms with Crippen molar-refractivity contribution in [1.82, 2.24) is 0 Å². The first-order valence-corrected chi connectivity index (χ1v) is 9.94. The molecule has 0 fully saturated rings. The molecule has 0 spiro atoms. The summed E-state index contributed by atoms with van der Waals surface area (Å²) in [5.74, 6) is -1.57. The number of nitrogens with one attached hydrogen (secondary N) is 2. The van der Waals surface area contributed by atoms with Crippen molar-refractivity contribution < 1.29 is 28.6 Å². The minimum atomic E-state index is -1.39. The highest BCUT2D eigenvalue weighted by Gasteiger charge is 2.19. The molecule has 2 amide bonds. The molecular formula is C22H16FN3O5S. The zero-order valence-electron chi connectivity index (χ0n) is 16.6. The van der Waals surface area contributed by atoms with Gasteiger partial charge in [-0.1, -0.05) is 18.2 Å². The lowest BCUT2D eigenvalue weighted by Crippen LogP contribution is -2.18. The van der Waals surface area contributed by atoms with Crippen molar-refractivity contribution in [2.45, 2.75) is 6.42 Å². The third-order valence-electron chi connectivity index (χ3n) is 4.33. The average Bonchev–Trinajstić information content (AvgIpc) is 3.24. The lowest BCUT2D eigenvalue weighted by Gasteiger charge is -2.16. The average molecular weight is 453 g/mol. The molecule has 3 aromatic rings. The summed E-state index contributed by atoms with van der Waals surface area (Å²) >= 11 is 0.968. The largest absolute Gasteiger partial charge is 0.496 e. The van der Waals surface area contributed by atoms with Gasteiger partial charge in [-0.2, -0.15) is 5.26 Å². The van der Waals surface area contributed by atoms with E-state index in [0.717, 1.165) is 11.3 Å². The van der Waals surface area contributed by atoms with Crippen LogP contribution in [0.25, 0.3) is 11.1 Å². The maximum atomic E-state index is 14.4. The molecule has 1 aromatic heterocycles. The van der Waals surface area contributed by atoms with Crippen LogP contribution in [0.4, 0.5) is 20.6 Å². The van der Waals surface area contributed by atoms with Gasteiger partial charge in [0.2, 0.25) is 5.91 Å². The van der Waals surface area contributed by atoms with Crippen molar-refractivity contribution in [3.8, 4) is 22.9 Å².